The van der Waals surface area contributed by atoms with Crippen LogP contribution in [0.5, 0.6) is 0 Å². The molecule has 18 heavy (non-hydrogen) atoms. The standard InChI is InChI=1S/C17H20O/c1-15-8-5-6-12-17(15)14-18-13-7-11-16-9-3-2-4-10-16/h2-6,8-10,12H,7,11,13-14H2,1H3. The summed E-state index contributed by atoms with van der Waals surface area (Å²) in [6, 6.07) is 19.0. The van der Waals surface area contributed by atoms with E-state index in [1.807, 2.05) is 0 Å². The lowest BCUT2D eigenvalue weighted by molar-refractivity contribution is 0.118. The van der Waals surface area contributed by atoms with Crippen LogP contribution in [-0.2, 0) is 17.8 Å². The Bertz CT molecular complexity index is 462. The molecule has 0 fully saturated rings. The molecule has 0 aliphatic carbocycles. The molecule has 0 amide bonds. The first-order valence-electron chi connectivity index (χ1n) is 6.52. The van der Waals surface area contributed by atoms with E-state index in [0.29, 0.717) is 0 Å². The Labute approximate surface area is 109 Å². The number of benzene rings is 2. The minimum Gasteiger partial charge on any atom is -0.377 e. The maximum absolute atomic E-state index is 5.72. The van der Waals surface area contributed by atoms with Gasteiger partial charge < -0.3 is 4.74 Å². The summed E-state index contributed by atoms with van der Waals surface area (Å²) in [5.41, 5.74) is 3.98. The van der Waals surface area contributed by atoms with Gasteiger partial charge in [0.15, 0.2) is 0 Å². The predicted octanol–water partition coefficient (Wildman–Crippen LogP) is 4.14. The Morgan fingerprint density at radius 1 is 0.889 bits per heavy atom. The summed E-state index contributed by atoms with van der Waals surface area (Å²) < 4.78 is 5.72. The van der Waals surface area contributed by atoms with Crippen molar-refractivity contribution in [1.82, 2.24) is 0 Å². The van der Waals surface area contributed by atoms with Crippen LogP contribution in [0, 0.1) is 6.92 Å². The van der Waals surface area contributed by atoms with Crippen molar-refractivity contribution in [3.8, 4) is 0 Å². The summed E-state index contributed by atoms with van der Waals surface area (Å²) >= 11 is 0. The van der Waals surface area contributed by atoms with Crippen LogP contribution in [0.1, 0.15) is 23.1 Å². The Hall–Kier alpha value is -1.60. The zero-order chi connectivity index (χ0) is 12.6. The van der Waals surface area contributed by atoms with Crippen LogP contribution < -0.4 is 0 Å². The Morgan fingerprint density at radius 3 is 2.39 bits per heavy atom. The maximum Gasteiger partial charge on any atom is 0.0719 e. The fourth-order valence-electron chi connectivity index (χ4n) is 1.98. The van der Waals surface area contributed by atoms with Gasteiger partial charge in [-0.1, -0.05) is 54.6 Å². The molecule has 0 spiro atoms. The average molecular weight is 240 g/mol. The van der Waals surface area contributed by atoms with Crippen LogP contribution in [0.25, 0.3) is 0 Å². The highest BCUT2D eigenvalue weighted by molar-refractivity contribution is 5.24. The van der Waals surface area contributed by atoms with Crippen LogP contribution in [0.4, 0.5) is 0 Å². The summed E-state index contributed by atoms with van der Waals surface area (Å²) in [7, 11) is 0. The molecular formula is C17H20O. The fraction of sp³-hybridized carbons (Fsp3) is 0.294. The molecule has 1 heteroatoms. The Morgan fingerprint density at radius 2 is 1.61 bits per heavy atom. The molecule has 2 aromatic rings. The summed E-state index contributed by atoms with van der Waals surface area (Å²) in [5.74, 6) is 0. The van der Waals surface area contributed by atoms with Gasteiger partial charge in [0.05, 0.1) is 6.61 Å². The predicted molar refractivity (Wildman–Crippen MR) is 75.6 cm³/mol. The van der Waals surface area contributed by atoms with Crippen molar-refractivity contribution in [2.24, 2.45) is 0 Å². The lowest BCUT2D eigenvalue weighted by atomic mass is 10.1. The topological polar surface area (TPSA) is 9.23 Å². The van der Waals surface area contributed by atoms with E-state index in [1.165, 1.54) is 16.7 Å². The molecule has 0 heterocycles. The van der Waals surface area contributed by atoms with Crippen LogP contribution >= 0.6 is 0 Å². The van der Waals surface area contributed by atoms with Crippen LogP contribution in [0.2, 0.25) is 0 Å². The average Bonchev–Trinajstić information content (AvgIpc) is 2.42. The molecule has 0 unspecified atom stereocenters. The van der Waals surface area contributed by atoms with E-state index in [0.717, 1.165) is 26.1 Å². The van der Waals surface area contributed by atoms with E-state index in [9.17, 15) is 0 Å². The molecule has 0 bridgehead atoms. The number of hydrogen-bond donors (Lipinski definition) is 0. The van der Waals surface area contributed by atoms with E-state index >= 15 is 0 Å². The van der Waals surface area contributed by atoms with Crippen LogP contribution in [0.15, 0.2) is 54.6 Å². The van der Waals surface area contributed by atoms with Gasteiger partial charge in [-0.2, -0.15) is 0 Å². The maximum atomic E-state index is 5.72. The second kappa shape index (κ2) is 6.97. The smallest absolute Gasteiger partial charge is 0.0719 e. The summed E-state index contributed by atoms with van der Waals surface area (Å²) in [6.45, 7) is 3.67. The zero-order valence-electron chi connectivity index (χ0n) is 10.9. The molecule has 1 nitrogen and oxygen atoms in total. The van der Waals surface area contributed by atoms with Gasteiger partial charge in [0.1, 0.15) is 0 Å². The molecule has 0 radical (unpaired) electrons. The molecule has 0 saturated carbocycles. The van der Waals surface area contributed by atoms with E-state index in [4.69, 9.17) is 4.74 Å². The summed E-state index contributed by atoms with van der Waals surface area (Å²) in [6.07, 6.45) is 2.17. The normalized spacial score (nSPS) is 10.5. The zero-order valence-corrected chi connectivity index (χ0v) is 10.9. The van der Waals surface area contributed by atoms with Crippen molar-refractivity contribution in [1.29, 1.82) is 0 Å². The molecule has 0 aromatic heterocycles. The molecule has 0 N–H and O–H groups in total. The summed E-state index contributed by atoms with van der Waals surface area (Å²) in [4.78, 5) is 0. The first-order chi connectivity index (χ1) is 8.86. The molecule has 0 saturated heterocycles. The first-order valence-corrected chi connectivity index (χ1v) is 6.52. The molecule has 0 atom stereocenters. The van der Waals surface area contributed by atoms with E-state index in [1.54, 1.807) is 0 Å². The highest BCUT2D eigenvalue weighted by Crippen LogP contribution is 2.09. The van der Waals surface area contributed by atoms with E-state index in [-0.39, 0.29) is 0 Å². The highest BCUT2D eigenvalue weighted by atomic mass is 16.5. The third-order valence-corrected chi connectivity index (χ3v) is 3.12. The first kappa shape index (κ1) is 12.8. The lowest BCUT2D eigenvalue weighted by Crippen LogP contribution is -1.98. The molecule has 94 valence electrons. The number of hydrogen-bond acceptors (Lipinski definition) is 1. The van der Waals surface area contributed by atoms with Gasteiger partial charge in [-0.05, 0) is 36.5 Å². The van der Waals surface area contributed by atoms with Crippen molar-refractivity contribution in [3.05, 3.63) is 71.3 Å². The second-order valence-electron chi connectivity index (χ2n) is 4.57. The monoisotopic (exact) mass is 240 g/mol. The van der Waals surface area contributed by atoms with E-state index in [2.05, 4.69) is 61.5 Å². The molecule has 2 rings (SSSR count). The summed E-state index contributed by atoms with van der Waals surface area (Å²) in [5, 5.41) is 0. The third kappa shape index (κ3) is 4.01. The van der Waals surface area contributed by atoms with Crippen molar-refractivity contribution >= 4 is 0 Å². The van der Waals surface area contributed by atoms with Crippen molar-refractivity contribution in [2.75, 3.05) is 6.61 Å². The van der Waals surface area contributed by atoms with Gasteiger partial charge in [-0.3, -0.25) is 0 Å². The van der Waals surface area contributed by atoms with Gasteiger partial charge in [0, 0.05) is 6.61 Å². The largest absolute Gasteiger partial charge is 0.377 e. The van der Waals surface area contributed by atoms with Gasteiger partial charge >= 0.3 is 0 Å². The van der Waals surface area contributed by atoms with Crippen molar-refractivity contribution < 1.29 is 4.74 Å². The minimum atomic E-state index is 0.724. The number of aryl methyl sites for hydroxylation is 2. The molecular weight excluding hydrogens is 220 g/mol. The molecule has 0 aliphatic heterocycles. The quantitative estimate of drug-likeness (QED) is 0.689. The van der Waals surface area contributed by atoms with Gasteiger partial charge in [0.25, 0.3) is 0 Å². The third-order valence-electron chi connectivity index (χ3n) is 3.12. The van der Waals surface area contributed by atoms with Crippen molar-refractivity contribution in [2.45, 2.75) is 26.4 Å². The molecule has 2 aromatic carbocycles. The lowest BCUT2D eigenvalue weighted by Gasteiger charge is -2.07. The van der Waals surface area contributed by atoms with Crippen molar-refractivity contribution in [3.63, 3.8) is 0 Å². The number of ether oxygens (including phenoxy) is 1. The SMILES string of the molecule is Cc1ccccc1COCCCc1ccccc1. The Kier molecular flexibility index (Phi) is 4.98. The number of rotatable bonds is 6. The second-order valence-corrected chi connectivity index (χ2v) is 4.57. The van der Waals surface area contributed by atoms with E-state index < -0.39 is 0 Å². The molecule has 0 aliphatic rings. The van der Waals surface area contributed by atoms with Gasteiger partial charge in [-0.15, -0.1) is 0 Å². The van der Waals surface area contributed by atoms with Gasteiger partial charge in [0.2, 0.25) is 0 Å². The minimum absolute atomic E-state index is 0.724. The van der Waals surface area contributed by atoms with Crippen LogP contribution in [-0.4, -0.2) is 6.61 Å². The highest BCUT2D eigenvalue weighted by Gasteiger charge is 1.97. The van der Waals surface area contributed by atoms with Crippen LogP contribution in [0.3, 0.4) is 0 Å². The fourth-order valence-corrected chi connectivity index (χ4v) is 1.98. The Balaban J connectivity index is 1.66. The van der Waals surface area contributed by atoms with Gasteiger partial charge in [-0.25, -0.2) is 0 Å².